The van der Waals surface area contributed by atoms with Crippen molar-refractivity contribution in [3.05, 3.63) is 42.0 Å². The minimum Gasteiger partial charge on any atom is -0.478 e. The lowest BCUT2D eigenvalue weighted by molar-refractivity contribution is -0.134. The molecule has 1 aliphatic heterocycles. The number of carboxylic acids is 2. The van der Waals surface area contributed by atoms with Gasteiger partial charge >= 0.3 is 11.9 Å². The Hall–Kier alpha value is -2.34. The van der Waals surface area contributed by atoms with Crippen molar-refractivity contribution < 1.29 is 19.8 Å². The van der Waals surface area contributed by atoms with E-state index in [1.54, 1.807) is 5.56 Å². The summed E-state index contributed by atoms with van der Waals surface area (Å²) < 4.78 is 0. The van der Waals surface area contributed by atoms with Gasteiger partial charge in [0, 0.05) is 42.9 Å². The van der Waals surface area contributed by atoms with Crippen LogP contribution in [-0.4, -0.2) is 41.3 Å². The highest BCUT2D eigenvalue weighted by Crippen LogP contribution is 2.48. The number of anilines is 1. The zero-order chi connectivity index (χ0) is 16.8. The summed E-state index contributed by atoms with van der Waals surface area (Å²) in [6, 6.07) is 9.60. The van der Waals surface area contributed by atoms with Crippen LogP contribution in [0.3, 0.4) is 0 Å². The van der Waals surface area contributed by atoms with E-state index in [9.17, 15) is 9.59 Å². The van der Waals surface area contributed by atoms with E-state index in [1.807, 2.05) is 0 Å². The molecule has 1 aromatic rings. The number of benzene rings is 1. The maximum Gasteiger partial charge on any atom is 0.328 e. The second kappa shape index (κ2) is 7.78. The van der Waals surface area contributed by atoms with E-state index < -0.39 is 11.9 Å². The number of nitrogens with two attached hydrogens (primary N) is 1. The number of hydrogen-bond acceptors (Lipinski definition) is 4. The Morgan fingerprint density at radius 1 is 1.17 bits per heavy atom. The first kappa shape index (κ1) is 17.0. The summed E-state index contributed by atoms with van der Waals surface area (Å²) in [6.07, 6.45) is 5.21. The summed E-state index contributed by atoms with van der Waals surface area (Å²) in [5.41, 5.74) is 8.71. The van der Waals surface area contributed by atoms with Crippen molar-refractivity contribution in [1.29, 1.82) is 0 Å². The predicted octanol–water partition coefficient (Wildman–Crippen LogP) is 1.81. The molecule has 2 unspecified atom stereocenters. The molecule has 3 rings (SSSR count). The summed E-state index contributed by atoms with van der Waals surface area (Å²) in [4.78, 5) is 21.6. The van der Waals surface area contributed by atoms with Crippen LogP contribution in [0.15, 0.2) is 36.4 Å². The van der Waals surface area contributed by atoms with E-state index in [2.05, 4.69) is 29.2 Å². The SMILES string of the molecule is NCCN1c2ccccc2C2CCCC21.O=C(O)/C=C/C(=O)O. The highest BCUT2D eigenvalue weighted by Gasteiger charge is 2.40. The van der Waals surface area contributed by atoms with Gasteiger partial charge in [-0.2, -0.15) is 0 Å². The Labute approximate surface area is 135 Å². The van der Waals surface area contributed by atoms with Gasteiger partial charge in [0.05, 0.1) is 0 Å². The van der Waals surface area contributed by atoms with Crippen molar-refractivity contribution in [2.24, 2.45) is 5.73 Å². The number of nitrogens with zero attached hydrogens (tertiary/aromatic N) is 1. The molecule has 1 heterocycles. The average molecular weight is 318 g/mol. The predicted molar refractivity (Wildman–Crippen MR) is 87.6 cm³/mol. The number of carboxylic acid groups (broad SMARTS) is 2. The van der Waals surface area contributed by atoms with E-state index in [-0.39, 0.29) is 0 Å². The van der Waals surface area contributed by atoms with Crippen LogP contribution in [0.1, 0.15) is 30.7 Å². The number of carbonyl (C=O) groups is 2. The summed E-state index contributed by atoms with van der Waals surface area (Å²) in [5, 5.41) is 15.6. The molecule has 0 saturated heterocycles. The molecule has 1 aliphatic carbocycles. The molecule has 2 atom stereocenters. The lowest BCUT2D eigenvalue weighted by Crippen LogP contribution is -2.35. The summed E-state index contributed by atoms with van der Waals surface area (Å²) >= 11 is 0. The molecular formula is C17H22N2O4. The normalized spacial score (nSPS) is 21.5. The van der Waals surface area contributed by atoms with Crippen molar-refractivity contribution in [3.63, 3.8) is 0 Å². The fourth-order valence-electron chi connectivity index (χ4n) is 3.49. The van der Waals surface area contributed by atoms with Crippen LogP contribution in [0, 0.1) is 0 Å². The average Bonchev–Trinajstić information content (AvgIpc) is 3.09. The number of aliphatic carboxylic acids is 2. The maximum atomic E-state index is 9.55. The Bertz CT molecular complexity index is 584. The number of fused-ring (bicyclic) bond motifs is 3. The third-order valence-corrected chi connectivity index (χ3v) is 4.26. The molecule has 0 radical (unpaired) electrons. The standard InChI is InChI=1S/C13H18N2.C4H4O4/c14-8-9-15-12-6-2-1-4-10(12)11-5-3-7-13(11)15;5-3(6)1-2-4(7)8/h1-2,4,6,11,13H,3,5,7-9,14H2;1-2H,(H,5,6)(H,7,8)/b;2-1+. The molecule has 124 valence electrons. The van der Waals surface area contributed by atoms with Crippen molar-refractivity contribution in [3.8, 4) is 0 Å². The highest BCUT2D eigenvalue weighted by molar-refractivity contribution is 5.89. The van der Waals surface area contributed by atoms with E-state index in [4.69, 9.17) is 15.9 Å². The van der Waals surface area contributed by atoms with E-state index in [0.29, 0.717) is 12.2 Å². The van der Waals surface area contributed by atoms with Crippen LogP contribution in [0.5, 0.6) is 0 Å². The lowest BCUT2D eigenvalue weighted by Gasteiger charge is -2.26. The van der Waals surface area contributed by atoms with Gasteiger partial charge < -0.3 is 20.8 Å². The van der Waals surface area contributed by atoms with Crippen molar-refractivity contribution in [2.45, 2.75) is 31.2 Å². The number of para-hydroxylation sites is 1. The molecule has 2 aliphatic rings. The topological polar surface area (TPSA) is 104 Å². The van der Waals surface area contributed by atoms with E-state index in [1.165, 1.54) is 24.9 Å². The highest BCUT2D eigenvalue weighted by atomic mass is 16.4. The van der Waals surface area contributed by atoms with Gasteiger partial charge in [0.1, 0.15) is 0 Å². The van der Waals surface area contributed by atoms with Crippen LogP contribution in [0.4, 0.5) is 5.69 Å². The van der Waals surface area contributed by atoms with Gasteiger partial charge in [0.25, 0.3) is 0 Å². The largest absolute Gasteiger partial charge is 0.478 e. The Morgan fingerprint density at radius 3 is 2.43 bits per heavy atom. The molecule has 0 aromatic heterocycles. The smallest absolute Gasteiger partial charge is 0.328 e. The van der Waals surface area contributed by atoms with Crippen LogP contribution in [0.25, 0.3) is 0 Å². The molecule has 4 N–H and O–H groups in total. The van der Waals surface area contributed by atoms with Crippen LogP contribution in [-0.2, 0) is 9.59 Å². The van der Waals surface area contributed by atoms with Gasteiger partial charge in [0.15, 0.2) is 0 Å². The Kier molecular flexibility index (Phi) is 5.76. The minimum absolute atomic E-state index is 0.558. The molecule has 0 spiro atoms. The summed E-state index contributed by atoms with van der Waals surface area (Å²) in [7, 11) is 0. The first-order valence-electron chi connectivity index (χ1n) is 7.74. The van der Waals surface area contributed by atoms with Crippen molar-refractivity contribution in [1.82, 2.24) is 0 Å². The molecule has 0 bridgehead atoms. The van der Waals surface area contributed by atoms with Crippen molar-refractivity contribution >= 4 is 17.6 Å². The fraction of sp³-hybridized carbons (Fsp3) is 0.412. The van der Waals surface area contributed by atoms with E-state index in [0.717, 1.165) is 25.0 Å². The molecule has 1 saturated carbocycles. The number of rotatable bonds is 4. The van der Waals surface area contributed by atoms with Gasteiger partial charge in [-0.25, -0.2) is 9.59 Å². The third kappa shape index (κ3) is 4.10. The summed E-state index contributed by atoms with van der Waals surface area (Å²) in [6.45, 7) is 1.77. The molecule has 0 amide bonds. The zero-order valence-corrected chi connectivity index (χ0v) is 12.9. The minimum atomic E-state index is -1.26. The molecule has 6 heteroatoms. The second-order valence-corrected chi connectivity index (χ2v) is 5.66. The second-order valence-electron chi connectivity index (χ2n) is 5.66. The van der Waals surface area contributed by atoms with Gasteiger partial charge in [-0.05, 0) is 24.5 Å². The quantitative estimate of drug-likeness (QED) is 0.732. The first-order chi connectivity index (χ1) is 11.0. The van der Waals surface area contributed by atoms with Crippen LogP contribution in [0.2, 0.25) is 0 Å². The van der Waals surface area contributed by atoms with E-state index >= 15 is 0 Å². The summed E-state index contributed by atoms with van der Waals surface area (Å²) in [5.74, 6) is -1.73. The third-order valence-electron chi connectivity index (χ3n) is 4.26. The molecule has 23 heavy (non-hydrogen) atoms. The van der Waals surface area contributed by atoms with Gasteiger partial charge in [0.2, 0.25) is 0 Å². The van der Waals surface area contributed by atoms with Crippen LogP contribution < -0.4 is 10.6 Å². The lowest BCUT2D eigenvalue weighted by atomic mass is 9.98. The first-order valence-corrected chi connectivity index (χ1v) is 7.74. The van der Waals surface area contributed by atoms with Gasteiger partial charge in [-0.1, -0.05) is 24.6 Å². The zero-order valence-electron chi connectivity index (χ0n) is 12.9. The van der Waals surface area contributed by atoms with Crippen molar-refractivity contribution in [2.75, 3.05) is 18.0 Å². The Balaban J connectivity index is 0.000000207. The van der Waals surface area contributed by atoms with Gasteiger partial charge in [-0.15, -0.1) is 0 Å². The molecule has 1 fully saturated rings. The molecule has 1 aromatic carbocycles. The molecule has 6 nitrogen and oxygen atoms in total. The monoisotopic (exact) mass is 318 g/mol. The molecular weight excluding hydrogens is 296 g/mol. The van der Waals surface area contributed by atoms with Gasteiger partial charge in [-0.3, -0.25) is 0 Å². The fourth-order valence-corrected chi connectivity index (χ4v) is 3.49. The number of hydrogen-bond donors (Lipinski definition) is 3. The van der Waals surface area contributed by atoms with Crippen LogP contribution >= 0.6 is 0 Å². The Morgan fingerprint density at radius 2 is 1.83 bits per heavy atom. The maximum absolute atomic E-state index is 9.55.